The van der Waals surface area contributed by atoms with Crippen LogP contribution in [0.25, 0.3) is 0 Å². The van der Waals surface area contributed by atoms with Crippen LogP contribution < -0.4 is 5.32 Å². The lowest BCUT2D eigenvalue weighted by Gasteiger charge is -2.12. The highest BCUT2D eigenvalue weighted by Gasteiger charge is 2.48. The van der Waals surface area contributed by atoms with E-state index < -0.39 is 5.97 Å². The van der Waals surface area contributed by atoms with Gasteiger partial charge in [-0.1, -0.05) is 0 Å². The van der Waals surface area contributed by atoms with Crippen molar-refractivity contribution < 1.29 is 14.7 Å². The van der Waals surface area contributed by atoms with Crippen LogP contribution in [0.1, 0.15) is 52.9 Å². The predicted octanol–water partition coefficient (Wildman–Crippen LogP) is 3.31. The Balaban J connectivity index is 1.57. The summed E-state index contributed by atoms with van der Waals surface area (Å²) in [6.45, 7) is 0. The van der Waals surface area contributed by atoms with Crippen molar-refractivity contribution in [2.45, 2.75) is 44.9 Å². The molecule has 4 rings (SSSR count). The molecule has 0 bridgehead atoms. The lowest BCUT2D eigenvalue weighted by atomic mass is 9.95. The van der Waals surface area contributed by atoms with Crippen LogP contribution >= 0.6 is 11.3 Å². The van der Waals surface area contributed by atoms with Gasteiger partial charge in [0, 0.05) is 10.8 Å². The van der Waals surface area contributed by atoms with E-state index in [4.69, 9.17) is 0 Å². The molecule has 4 nitrogen and oxygen atoms in total. The number of aryl methyl sites for hydroxylation is 1. The summed E-state index contributed by atoms with van der Waals surface area (Å²) >= 11 is 1.48. The number of aromatic carboxylic acids is 1. The zero-order valence-corrected chi connectivity index (χ0v) is 12.7. The van der Waals surface area contributed by atoms with Gasteiger partial charge in [0.1, 0.15) is 5.00 Å². The monoisotopic (exact) mass is 305 g/mol. The molecule has 21 heavy (non-hydrogen) atoms. The summed E-state index contributed by atoms with van der Waals surface area (Å²) in [5, 5.41) is 13.0. The Kier molecular flexibility index (Phi) is 3.06. The van der Waals surface area contributed by atoms with Gasteiger partial charge in [-0.2, -0.15) is 0 Å². The fourth-order valence-corrected chi connectivity index (χ4v) is 5.31. The lowest BCUT2D eigenvalue weighted by Crippen LogP contribution is -2.22. The minimum atomic E-state index is -0.904. The van der Waals surface area contributed by atoms with Gasteiger partial charge < -0.3 is 10.4 Å². The second-order valence-corrected chi connectivity index (χ2v) is 7.74. The molecule has 3 aliphatic carbocycles. The number of nitrogens with one attached hydrogen (secondary N) is 1. The van der Waals surface area contributed by atoms with Crippen LogP contribution in [-0.2, 0) is 17.6 Å². The number of rotatable bonds is 3. The topological polar surface area (TPSA) is 66.4 Å². The molecule has 1 amide bonds. The minimum Gasteiger partial charge on any atom is -0.478 e. The number of carboxylic acid groups (broad SMARTS) is 1. The molecule has 5 heteroatoms. The molecule has 2 saturated carbocycles. The van der Waals surface area contributed by atoms with Gasteiger partial charge in [-0.05, 0) is 62.3 Å². The van der Waals surface area contributed by atoms with Gasteiger partial charge in [0.15, 0.2) is 0 Å². The maximum atomic E-state index is 12.4. The Morgan fingerprint density at radius 1 is 1.10 bits per heavy atom. The van der Waals surface area contributed by atoms with E-state index in [-0.39, 0.29) is 11.8 Å². The molecule has 0 saturated heterocycles. The van der Waals surface area contributed by atoms with Gasteiger partial charge in [-0.15, -0.1) is 11.3 Å². The van der Waals surface area contributed by atoms with Gasteiger partial charge in [0.05, 0.1) is 5.56 Å². The van der Waals surface area contributed by atoms with Crippen molar-refractivity contribution in [3.05, 3.63) is 16.0 Å². The van der Waals surface area contributed by atoms with Crippen molar-refractivity contribution in [3.8, 4) is 0 Å². The standard InChI is InChI=1S/C16H19NO3S/c18-14(10-6-8-5-9(8)7-10)17-15-13(16(19)20)11-3-1-2-4-12(11)21-15/h8-10H,1-7H2,(H,17,18)(H,19,20). The molecular formula is C16H19NO3S. The summed E-state index contributed by atoms with van der Waals surface area (Å²) in [6.07, 6.45) is 7.21. The minimum absolute atomic E-state index is 0.0308. The zero-order chi connectivity index (χ0) is 14.6. The van der Waals surface area contributed by atoms with Crippen molar-refractivity contribution in [1.29, 1.82) is 0 Å². The van der Waals surface area contributed by atoms with Crippen molar-refractivity contribution in [3.63, 3.8) is 0 Å². The number of hydrogen-bond acceptors (Lipinski definition) is 3. The highest BCUT2D eigenvalue weighted by atomic mass is 32.1. The molecule has 0 radical (unpaired) electrons. The number of carboxylic acids is 1. The van der Waals surface area contributed by atoms with Crippen LogP contribution in [0.2, 0.25) is 0 Å². The van der Waals surface area contributed by atoms with Crippen molar-refractivity contribution in [2.75, 3.05) is 5.32 Å². The Hall–Kier alpha value is -1.36. The molecule has 2 fully saturated rings. The molecule has 1 heterocycles. The van der Waals surface area contributed by atoms with Crippen LogP contribution in [0, 0.1) is 17.8 Å². The molecule has 2 N–H and O–H groups in total. The summed E-state index contributed by atoms with van der Waals surface area (Å²) in [5.41, 5.74) is 1.31. The Morgan fingerprint density at radius 2 is 1.81 bits per heavy atom. The van der Waals surface area contributed by atoms with E-state index in [9.17, 15) is 14.7 Å². The van der Waals surface area contributed by atoms with Gasteiger partial charge in [0.25, 0.3) is 0 Å². The largest absolute Gasteiger partial charge is 0.478 e. The third-order valence-electron chi connectivity index (χ3n) is 5.24. The maximum absolute atomic E-state index is 12.4. The lowest BCUT2D eigenvalue weighted by molar-refractivity contribution is -0.119. The molecular weight excluding hydrogens is 286 g/mol. The Morgan fingerprint density at radius 3 is 2.52 bits per heavy atom. The molecule has 0 aromatic carbocycles. The maximum Gasteiger partial charge on any atom is 0.339 e. The number of anilines is 1. The molecule has 3 aliphatic rings. The SMILES string of the molecule is O=C(O)c1c(NC(=O)C2CC3CC3C2)sc2c1CCCC2. The number of hydrogen-bond donors (Lipinski definition) is 2. The summed E-state index contributed by atoms with van der Waals surface area (Å²) in [6, 6.07) is 0. The van der Waals surface area contributed by atoms with Gasteiger partial charge in [0.2, 0.25) is 5.91 Å². The van der Waals surface area contributed by atoms with E-state index in [2.05, 4.69) is 5.32 Å². The van der Waals surface area contributed by atoms with E-state index in [1.165, 1.54) is 17.8 Å². The second-order valence-electron chi connectivity index (χ2n) is 6.63. The van der Waals surface area contributed by atoms with Crippen LogP contribution in [0.3, 0.4) is 0 Å². The molecule has 112 valence electrons. The highest BCUT2D eigenvalue weighted by Crippen LogP contribution is 2.54. The number of carbonyl (C=O) groups excluding carboxylic acids is 1. The van der Waals surface area contributed by atoms with Crippen molar-refractivity contribution in [2.24, 2.45) is 17.8 Å². The molecule has 2 atom stereocenters. The first kappa shape index (κ1) is 13.3. The van der Waals surface area contributed by atoms with E-state index in [0.717, 1.165) is 60.8 Å². The average molecular weight is 305 g/mol. The van der Waals surface area contributed by atoms with Crippen LogP contribution in [0.5, 0.6) is 0 Å². The van der Waals surface area contributed by atoms with Crippen molar-refractivity contribution >= 4 is 28.2 Å². The third-order valence-corrected chi connectivity index (χ3v) is 6.44. The molecule has 2 unspecified atom stereocenters. The number of amides is 1. The quantitative estimate of drug-likeness (QED) is 0.900. The smallest absolute Gasteiger partial charge is 0.339 e. The molecule has 0 spiro atoms. The Bertz CT molecular complexity index is 611. The van der Waals surface area contributed by atoms with Crippen LogP contribution in [0.4, 0.5) is 5.00 Å². The predicted molar refractivity (Wildman–Crippen MR) is 80.9 cm³/mol. The third kappa shape index (κ3) is 2.27. The normalized spacial score (nSPS) is 29.6. The molecule has 1 aromatic rings. The van der Waals surface area contributed by atoms with Gasteiger partial charge >= 0.3 is 5.97 Å². The summed E-state index contributed by atoms with van der Waals surface area (Å²) in [4.78, 5) is 25.1. The van der Waals surface area contributed by atoms with Crippen molar-refractivity contribution in [1.82, 2.24) is 0 Å². The fourth-order valence-electron chi connectivity index (χ4n) is 4.02. The van der Waals surface area contributed by atoms with Crippen LogP contribution in [0.15, 0.2) is 0 Å². The number of fused-ring (bicyclic) bond motifs is 2. The highest BCUT2D eigenvalue weighted by molar-refractivity contribution is 7.17. The summed E-state index contributed by atoms with van der Waals surface area (Å²) in [7, 11) is 0. The average Bonchev–Trinajstić information content (AvgIpc) is 2.92. The first-order chi connectivity index (χ1) is 10.1. The Labute approximate surface area is 127 Å². The first-order valence-corrected chi connectivity index (χ1v) is 8.64. The van der Waals surface area contributed by atoms with Gasteiger partial charge in [-0.3, -0.25) is 4.79 Å². The second kappa shape index (κ2) is 4.83. The van der Waals surface area contributed by atoms with Gasteiger partial charge in [-0.25, -0.2) is 4.79 Å². The van der Waals surface area contributed by atoms with E-state index in [1.807, 2.05) is 0 Å². The van der Waals surface area contributed by atoms with E-state index in [1.54, 1.807) is 0 Å². The zero-order valence-electron chi connectivity index (χ0n) is 11.9. The molecule has 0 aliphatic heterocycles. The summed E-state index contributed by atoms with van der Waals surface area (Å²) in [5.74, 6) is 0.740. The van der Waals surface area contributed by atoms with E-state index in [0.29, 0.717) is 10.6 Å². The van der Waals surface area contributed by atoms with Crippen LogP contribution in [-0.4, -0.2) is 17.0 Å². The van der Waals surface area contributed by atoms with E-state index >= 15 is 0 Å². The number of carbonyl (C=O) groups is 2. The fraction of sp³-hybridized carbons (Fsp3) is 0.625. The molecule has 1 aromatic heterocycles. The first-order valence-electron chi connectivity index (χ1n) is 7.82. The summed E-state index contributed by atoms with van der Waals surface area (Å²) < 4.78 is 0. The number of thiophene rings is 1.